The number of amides is 1. The summed E-state index contributed by atoms with van der Waals surface area (Å²) < 4.78 is 5.11. The number of quaternary nitrogens is 1. The number of ether oxygens (including phenoxy) is 1. The molecule has 0 radical (unpaired) electrons. The van der Waals surface area contributed by atoms with Gasteiger partial charge < -0.3 is 19.9 Å². The van der Waals surface area contributed by atoms with E-state index in [9.17, 15) is 14.4 Å². The van der Waals surface area contributed by atoms with Gasteiger partial charge in [0.1, 0.15) is 5.75 Å². The van der Waals surface area contributed by atoms with E-state index < -0.39 is 6.04 Å². The highest BCUT2D eigenvalue weighted by molar-refractivity contribution is 6.04. The van der Waals surface area contributed by atoms with E-state index in [2.05, 4.69) is 10.3 Å². The van der Waals surface area contributed by atoms with Gasteiger partial charge in [0.15, 0.2) is 18.4 Å². The summed E-state index contributed by atoms with van der Waals surface area (Å²) in [5.41, 5.74) is 3.05. The number of likely N-dealkylation sites (N-methyl/N-ethyl adjacent to an activating group) is 1. The van der Waals surface area contributed by atoms with Gasteiger partial charge in [-0.25, -0.2) is 0 Å². The third-order valence-corrected chi connectivity index (χ3v) is 5.26. The number of anilines is 1. The monoisotopic (exact) mass is 400 g/mol. The van der Waals surface area contributed by atoms with Gasteiger partial charge in [-0.1, -0.05) is 0 Å². The molecule has 2 atom stereocenters. The minimum absolute atomic E-state index is 0.0680. The fraction of sp³-hybridized carbons (Fsp3) is 0.409. The van der Waals surface area contributed by atoms with Crippen molar-refractivity contribution >= 4 is 23.2 Å². The van der Waals surface area contributed by atoms with Crippen molar-refractivity contribution in [1.82, 2.24) is 4.98 Å². The lowest BCUT2D eigenvalue weighted by atomic mass is 10.0. The molecule has 29 heavy (non-hydrogen) atoms. The zero-order valence-electron chi connectivity index (χ0n) is 17.9. The molecule has 0 saturated carbocycles. The number of aryl methyl sites for hydroxylation is 1. The third-order valence-electron chi connectivity index (χ3n) is 5.26. The fourth-order valence-electron chi connectivity index (χ4n) is 3.60. The van der Waals surface area contributed by atoms with Gasteiger partial charge in [-0.05, 0) is 64.4 Å². The predicted molar refractivity (Wildman–Crippen MR) is 112 cm³/mol. The summed E-state index contributed by atoms with van der Waals surface area (Å²) in [4.78, 5) is 41.3. The van der Waals surface area contributed by atoms with Crippen LogP contribution in [0.1, 0.15) is 52.9 Å². The van der Waals surface area contributed by atoms with E-state index in [4.69, 9.17) is 4.74 Å². The predicted octanol–water partition coefficient (Wildman–Crippen LogP) is 1.96. The van der Waals surface area contributed by atoms with Crippen LogP contribution in [0.3, 0.4) is 0 Å². The number of methoxy groups -OCH3 is 1. The molecular weight excluding hydrogens is 370 g/mol. The quantitative estimate of drug-likeness (QED) is 0.561. The van der Waals surface area contributed by atoms with Crippen LogP contribution >= 0.6 is 0 Å². The van der Waals surface area contributed by atoms with Crippen molar-refractivity contribution in [2.75, 3.05) is 25.5 Å². The molecule has 0 spiro atoms. The molecule has 0 bridgehead atoms. The van der Waals surface area contributed by atoms with Crippen LogP contribution in [0.5, 0.6) is 5.75 Å². The summed E-state index contributed by atoms with van der Waals surface area (Å²) in [5.74, 6) is 0.369. The van der Waals surface area contributed by atoms with Crippen LogP contribution in [0, 0.1) is 13.8 Å². The van der Waals surface area contributed by atoms with Gasteiger partial charge in [0.2, 0.25) is 5.78 Å². The first-order valence-corrected chi connectivity index (χ1v) is 9.72. The normalized spacial score (nSPS) is 12.9. The van der Waals surface area contributed by atoms with Crippen molar-refractivity contribution in [3.63, 3.8) is 0 Å². The molecule has 3 N–H and O–H groups in total. The molecule has 0 aliphatic heterocycles. The first kappa shape index (κ1) is 22.4. The van der Waals surface area contributed by atoms with E-state index in [0.717, 1.165) is 4.90 Å². The number of benzene rings is 1. The smallest absolute Gasteiger partial charge is 0.279 e. The second-order valence-electron chi connectivity index (χ2n) is 7.23. The summed E-state index contributed by atoms with van der Waals surface area (Å²) in [7, 11) is 1.58. The molecule has 0 aliphatic carbocycles. The van der Waals surface area contributed by atoms with Crippen molar-refractivity contribution in [2.24, 2.45) is 0 Å². The van der Waals surface area contributed by atoms with Crippen LogP contribution in [0.2, 0.25) is 0 Å². The zero-order chi connectivity index (χ0) is 21.7. The van der Waals surface area contributed by atoms with E-state index in [0.29, 0.717) is 40.5 Å². The van der Waals surface area contributed by atoms with Crippen molar-refractivity contribution in [3.8, 4) is 5.75 Å². The Kier molecular flexibility index (Phi) is 7.34. The maximum Gasteiger partial charge on any atom is 0.279 e. The van der Waals surface area contributed by atoms with Gasteiger partial charge in [0, 0.05) is 16.9 Å². The van der Waals surface area contributed by atoms with Crippen LogP contribution in [0.4, 0.5) is 5.69 Å². The van der Waals surface area contributed by atoms with Gasteiger partial charge >= 0.3 is 0 Å². The second-order valence-corrected chi connectivity index (χ2v) is 7.23. The number of carbonyl (C=O) groups is 3. The highest BCUT2D eigenvalue weighted by Crippen LogP contribution is 2.19. The van der Waals surface area contributed by atoms with E-state index >= 15 is 0 Å². The number of hydrogen-bond acceptors (Lipinski definition) is 4. The number of carbonyl (C=O) groups excluding carboxylic acids is 3. The summed E-state index contributed by atoms with van der Waals surface area (Å²) >= 11 is 0. The Morgan fingerprint density at radius 3 is 2.28 bits per heavy atom. The van der Waals surface area contributed by atoms with Gasteiger partial charge in [-0.15, -0.1) is 0 Å². The molecule has 1 heterocycles. The van der Waals surface area contributed by atoms with E-state index in [1.165, 1.54) is 6.92 Å². The van der Waals surface area contributed by atoms with Crippen molar-refractivity contribution < 1.29 is 24.0 Å². The largest absolute Gasteiger partial charge is 0.497 e. The van der Waals surface area contributed by atoms with E-state index in [1.54, 1.807) is 45.2 Å². The van der Waals surface area contributed by atoms with Gasteiger partial charge in [-0.3, -0.25) is 14.4 Å². The summed E-state index contributed by atoms with van der Waals surface area (Å²) in [5, 5.41) is 2.85. The molecule has 0 fully saturated rings. The average molecular weight is 400 g/mol. The van der Waals surface area contributed by atoms with E-state index in [-0.39, 0.29) is 24.0 Å². The molecule has 7 nitrogen and oxygen atoms in total. The number of Topliss-reactive ketones (excluding diaryl/α,β-unsaturated/α-hetero) is 2. The number of rotatable bonds is 9. The number of H-pyrrole nitrogens is 1. The Balaban J connectivity index is 2.10. The zero-order valence-corrected chi connectivity index (χ0v) is 17.9. The van der Waals surface area contributed by atoms with Crippen molar-refractivity contribution in [1.29, 1.82) is 0 Å². The Morgan fingerprint density at radius 1 is 1.17 bits per heavy atom. The van der Waals surface area contributed by atoms with Crippen LogP contribution < -0.4 is 15.0 Å². The lowest BCUT2D eigenvalue weighted by Gasteiger charge is -2.23. The Hall–Kier alpha value is -2.93. The highest BCUT2D eigenvalue weighted by Gasteiger charge is 2.30. The minimum atomic E-state index is -0.432. The molecule has 1 aromatic heterocycles. The maximum absolute atomic E-state index is 13.1. The second kappa shape index (κ2) is 9.52. The first-order valence-electron chi connectivity index (χ1n) is 9.72. The number of ketones is 2. The number of aromatic amines is 1. The fourth-order valence-corrected chi connectivity index (χ4v) is 3.60. The Bertz CT molecular complexity index is 900. The number of hydrogen-bond donors (Lipinski definition) is 3. The molecule has 1 unspecified atom stereocenters. The van der Waals surface area contributed by atoms with Crippen LogP contribution in [0.25, 0.3) is 0 Å². The minimum Gasteiger partial charge on any atom is -0.497 e. The van der Waals surface area contributed by atoms with Crippen molar-refractivity contribution in [2.45, 2.75) is 40.7 Å². The van der Waals surface area contributed by atoms with E-state index in [1.807, 2.05) is 13.8 Å². The van der Waals surface area contributed by atoms with Crippen LogP contribution in [-0.2, 0) is 4.79 Å². The topological polar surface area (TPSA) is 92.7 Å². The highest BCUT2D eigenvalue weighted by atomic mass is 16.5. The molecule has 2 rings (SSSR count). The third kappa shape index (κ3) is 5.12. The lowest BCUT2D eigenvalue weighted by molar-refractivity contribution is -0.903. The number of aromatic nitrogens is 1. The summed E-state index contributed by atoms with van der Waals surface area (Å²) in [6, 6.07) is 6.65. The Labute approximate surface area is 171 Å². The van der Waals surface area contributed by atoms with Gasteiger partial charge in [0.05, 0.1) is 19.3 Å². The molecule has 7 heteroatoms. The molecular formula is C22H30N3O4+. The van der Waals surface area contributed by atoms with Gasteiger partial charge in [0.25, 0.3) is 5.91 Å². The molecule has 1 amide bonds. The molecule has 0 saturated heterocycles. The van der Waals surface area contributed by atoms with Crippen LogP contribution in [0.15, 0.2) is 24.3 Å². The standard InChI is InChI=1S/C22H29N3O4/c1-7-25(12-19(27)24-17-8-10-18(29-6)11-9-17)15(4)22(28)21-13(2)20(16(5)26)14(3)23-21/h8-11,15,23H,7,12H2,1-6H3,(H,24,27)/p+1/t15-/m1/s1. The maximum atomic E-state index is 13.1. The summed E-state index contributed by atoms with van der Waals surface area (Å²) in [6.45, 7) is 9.58. The first-order chi connectivity index (χ1) is 13.7. The number of nitrogens with one attached hydrogen (secondary N) is 3. The SMILES string of the molecule is CC[NH+](CC(=O)Nc1ccc(OC)cc1)[C@H](C)C(=O)c1[nH]c(C)c(C(C)=O)c1C. The van der Waals surface area contributed by atoms with Crippen LogP contribution in [-0.4, -0.2) is 48.7 Å². The van der Waals surface area contributed by atoms with Gasteiger partial charge in [-0.2, -0.15) is 0 Å². The van der Waals surface area contributed by atoms with Crippen molar-refractivity contribution in [3.05, 3.63) is 46.8 Å². The average Bonchev–Trinajstić information content (AvgIpc) is 2.99. The lowest BCUT2D eigenvalue weighted by Crippen LogP contribution is -3.17. The molecule has 156 valence electrons. The molecule has 2 aromatic rings. The summed E-state index contributed by atoms with van der Waals surface area (Å²) in [6.07, 6.45) is 0. The molecule has 1 aromatic carbocycles. The Morgan fingerprint density at radius 2 is 1.79 bits per heavy atom. The molecule has 0 aliphatic rings.